The highest BCUT2D eigenvalue weighted by Crippen LogP contribution is 2.30. The van der Waals surface area contributed by atoms with Crippen molar-refractivity contribution in [2.75, 3.05) is 63.8 Å². The van der Waals surface area contributed by atoms with Gasteiger partial charge in [0.1, 0.15) is 5.82 Å². The predicted molar refractivity (Wildman–Crippen MR) is 158 cm³/mol. The van der Waals surface area contributed by atoms with E-state index in [0.29, 0.717) is 18.2 Å². The van der Waals surface area contributed by atoms with Crippen molar-refractivity contribution in [3.63, 3.8) is 0 Å². The number of amides is 1. The molecule has 39 heavy (non-hydrogen) atoms. The van der Waals surface area contributed by atoms with E-state index in [-0.39, 0.29) is 17.6 Å². The van der Waals surface area contributed by atoms with E-state index in [4.69, 9.17) is 16.6 Å². The second-order valence-corrected chi connectivity index (χ2v) is 11.7. The van der Waals surface area contributed by atoms with Crippen LogP contribution < -0.4 is 10.2 Å². The molecule has 1 aromatic carbocycles. The van der Waals surface area contributed by atoms with Crippen LogP contribution in [-0.2, 0) is 4.79 Å². The molecule has 2 fully saturated rings. The number of nitrogens with zero attached hydrogens (tertiary/aromatic N) is 4. The molecule has 8 heteroatoms. The molecular weight excluding hydrogens is 513 g/mol. The van der Waals surface area contributed by atoms with Gasteiger partial charge >= 0.3 is 0 Å². The highest BCUT2D eigenvalue weighted by atomic mass is 35.5. The first-order chi connectivity index (χ1) is 19.0. The maximum atomic E-state index is 14.1. The van der Waals surface area contributed by atoms with E-state index in [1.54, 1.807) is 6.07 Å². The quantitative estimate of drug-likeness (QED) is 0.438. The molecule has 0 bridgehead atoms. The number of hydrogen-bond donors (Lipinski definition) is 1. The first-order valence-corrected chi connectivity index (χ1v) is 14.9. The van der Waals surface area contributed by atoms with E-state index in [1.807, 2.05) is 18.2 Å². The fraction of sp³-hybridized carbons (Fsp3) is 0.548. The van der Waals surface area contributed by atoms with Crippen LogP contribution in [0.1, 0.15) is 39.0 Å². The third-order valence-electron chi connectivity index (χ3n) is 8.47. The molecule has 2 saturated heterocycles. The maximum Gasteiger partial charge on any atom is 0.224 e. The summed E-state index contributed by atoms with van der Waals surface area (Å²) in [5.74, 6) is 0.419. The summed E-state index contributed by atoms with van der Waals surface area (Å²) in [5, 5.41) is 4.01. The second kappa shape index (κ2) is 13.2. The van der Waals surface area contributed by atoms with Gasteiger partial charge in [-0.25, -0.2) is 4.39 Å². The Hall–Kier alpha value is -2.48. The van der Waals surface area contributed by atoms with Crippen molar-refractivity contribution in [2.45, 2.75) is 39.0 Å². The first-order valence-electron chi connectivity index (χ1n) is 14.5. The van der Waals surface area contributed by atoms with Gasteiger partial charge in [-0.2, -0.15) is 0 Å². The molecule has 210 valence electrons. The zero-order valence-corrected chi connectivity index (χ0v) is 23.8. The standard InChI is InChI=1S/C31H41ClFN5O/c1-23-20-28(24-9-11-26(32)12-10-24)35-29(23)22-37-14-4-6-25(21-37)31(39)34-13-5-15-36-16-18-38(19-17-36)30-8-3-2-7-27(30)33/h2-3,7-9,11-12,24-25H,4-6,10,13-22H2,1H3,(H,34,39). The number of anilines is 1. The summed E-state index contributed by atoms with van der Waals surface area (Å²) in [5.41, 5.74) is 4.46. The number of piperazine rings is 1. The Morgan fingerprint density at radius 3 is 2.74 bits per heavy atom. The molecule has 2 unspecified atom stereocenters. The molecule has 1 amide bonds. The normalized spacial score (nSPS) is 24.6. The Kier molecular flexibility index (Phi) is 9.53. The molecule has 0 saturated carbocycles. The van der Waals surface area contributed by atoms with Crippen molar-refractivity contribution in [2.24, 2.45) is 16.8 Å². The van der Waals surface area contributed by atoms with E-state index in [9.17, 15) is 9.18 Å². The Morgan fingerprint density at radius 2 is 1.97 bits per heavy atom. The number of halogens is 2. The number of aliphatic imine (C=N–C) groups is 1. The number of piperidine rings is 1. The van der Waals surface area contributed by atoms with Crippen LogP contribution in [0.2, 0.25) is 0 Å². The van der Waals surface area contributed by atoms with Gasteiger partial charge in [-0.05, 0) is 69.5 Å². The van der Waals surface area contributed by atoms with Crippen molar-refractivity contribution in [1.82, 2.24) is 15.1 Å². The van der Waals surface area contributed by atoms with Gasteiger partial charge in [0.15, 0.2) is 0 Å². The molecule has 3 aliphatic heterocycles. The van der Waals surface area contributed by atoms with Gasteiger partial charge in [0, 0.05) is 68.9 Å². The van der Waals surface area contributed by atoms with Crippen molar-refractivity contribution in [3.05, 3.63) is 64.6 Å². The smallest absolute Gasteiger partial charge is 0.224 e. The van der Waals surface area contributed by atoms with Crippen LogP contribution in [-0.4, -0.2) is 80.3 Å². The van der Waals surface area contributed by atoms with Crippen LogP contribution in [0.4, 0.5) is 10.1 Å². The largest absolute Gasteiger partial charge is 0.367 e. The molecule has 1 N–H and O–H groups in total. The van der Waals surface area contributed by atoms with E-state index in [1.165, 1.54) is 23.0 Å². The van der Waals surface area contributed by atoms with E-state index >= 15 is 0 Å². The lowest BCUT2D eigenvalue weighted by Gasteiger charge is -2.36. The van der Waals surface area contributed by atoms with Crippen molar-refractivity contribution < 1.29 is 9.18 Å². The highest BCUT2D eigenvalue weighted by molar-refractivity contribution is 6.31. The van der Waals surface area contributed by atoms with Crippen LogP contribution in [0.15, 0.2) is 63.8 Å². The number of likely N-dealkylation sites (tertiary alicyclic amines) is 1. The molecule has 1 aromatic rings. The summed E-state index contributed by atoms with van der Waals surface area (Å²) in [6, 6.07) is 7.00. The minimum Gasteiger partial charge on any atom is -0.367 e. The monoisotopic (exact) mass is 553 g/mol. The van der Waals surface area contributed by atoms with Gasteiger partial charge < -0.3 is 10.2 Å². The molecule has 2 atom stereocenters. The van der Waals surface area contributed by atoms with Crippen LogP contribution in [0.3, 0.4) is 0 Å². The van der Waals surface area contributed by atoms with Gasteiger partial charge in [-0.1, -0.05) is 35.9 Å². The molecule has 0 aromatic heterocycles. The van der Waals surface area contributed by atoms with Crippen LogP contribution in [0.5, 0.6) is 0 Å². The van der Waals surface area contributed by atoms with Crippen LogP contribution in [0, 0.1) is 17.7 Å². The van der Waals surface area contributed by atoms with Crippen molar-refractivity contribution in [3.8, 4) is 0 Å². The lowest BCUT2D eigenvalue weighted by Crippen LogP contribution is -2.47. The first kappa shape index (κ1) is 28.1. The van der Waals surface area contributed by atoms with Gasteiger partial charge in [0.25, 0.3) is 0 Å². The van der Waals surface area contributed by atoms with Gasteiger partial charge in [-0.15, -0.1) is 0 Å². The Balaban J connectivity index is 1.01. The Morgan fingerprint density at radius 1 is 1.15 bits per heavy atom. The number of carbonyl (C=O) groups is 1. The molecule has 5 rings (SSSR count). The fourth-order valence-corrected chi connectivity index (χ4v) is 6.27. The minimum atomic E-state index is -0.150. The third kappa shape index (κ3) is 7.38. The highest BCUT2D eigenvalue weighted by Gasteiger charge is 2.28. The number of para-hydroxylation sites is 1. The third-order valence-corrected chi connectivity index (χ3v) is 8.75. The van der Waals surface area contributed by atoms with Crippen molar-refractivity contribution in [1.29, 1.82) is 0 Å². The summed E-state index contributed by atoms with van der Waals surface area (Å²) in [6.07, 6.45) is 11.0. The Bertz CT molecular complexity index is 1150. The second-order valence-electron chi connectivity index (χ2n) is 11.3. The number of nitrogens with one attached hydrogen (secondary N) is 1. The zero-order chi connectivity index (χ0) is 27.2. The molecule has 0 spiro atoms. The summed E-state index contributed by atoms with van der Waals surface area (Å²) in [7, 11) is 0. The van der Waals surface area contributed by atoms with Gasteiger partial charge in [0.05, 0.1) is 17.3 Å². The topological polar surface area (TPSA) is 51.2 Å². The summed E-state index contributed by atoms with van der Waals surface area (Å²) >= 11 is 6.09. The number of allylic oxidation sites excluding steroid dienone is 5. The average Bonchev–Trinajstić information content (AvgIpc) is 3.32. The Labute approximate surface area is 237 Å². The van der Waals surface area contributed by atoms with Gasteiger partial charge in [0.2, 0.25) is 5.91 Å². The van der Waals surface area contributed by atoms with Crippen LogP contribution in [0.25, 0.3) is 0 Å². The number of hydrogen-bond acceptors (Lipinski definition) is 5. The molecule has 6 nitrogen and oxygen atoms in total. The van der Waals surface area contributed by atoms with E-state index in [0.717, 1.165) is 89.5 Å². The van der Waals surface area contributed by atoms with E-state index < -0.39 is 0 Å². The van der Waals surface area contributed by atoms with Crippen molar-refractivity contribution >= 4 is 28.9 Å². The molecular formula is C31H41ClFN5O. The molecule has 0 radical (unpaired) electrons. The fourth-order valence-electron chi connectivity index (χ4n) is 6.11. The predicted octanol–water partition coefficient (Wildman–Crippen LogP) is 4.98. The van der Waals surface area contributed by atoms with Crippen LogP contribution >= 0.6 is 11.6 Å². The average molecular weight is 554 g/mol. The maximum absolute atomic E-state index is 14.1. The lowest BCUT2D eigenvalue weighted by molar-refractivity contribution is -0.126. The molecule has 1 aliphatic carbocycles. The summed E-state index contributed by atoms with van der Waals surface area (Å²) < 4.78 is 14.1. The SMILES string of the molecule is CC1=C(CN2CCCC(C(=O)NCCCN3CCN(c4ccccc4F)CC3)C2)N=C(C2C=CC(Cl)=CC2)C1. The molecule has 3 heterocycles. The lowest BCUT2D eigenvalue weighted by atomic mass is 9.93. The number of rotatable bonds is 9. The minimum absolute atomic E-state index is 0.0439. The summed E-state index contributed by atoms with van der Waals surface area (Å²) in [6.45, 7) is 9.98. The summed E-state index contributed by atoms with van der Waals surface area (Å²) in [4.78, 5) is 24.9. The number of benzene rings is 1. The zero-order valence-electron chi connectivity index (χ0n) is 23.0. The van der Waals surface area contributed by atoms with Gasteiger partial charge in [-0.3, -0.25) is 19.6 Å². The number of carbonyl (C=O) groups excluding carboxylic acids is 1. The molecule has 4 aliphatic rings. The van der Waals surface area contributed by atoms with E-state index in [2.05, 4.69) is 39.1 Å².